The number of benzene rings is 2. The third kappa shape index (κ3) is 4.46. The van der Waals surface area contributed by atoms with E-state index >= 15 is 0 Å². The predicted octanol–water partition coefficient (Wildman–Crippen LogP) is 4.16. The molecular formula is C26H26N2O4S. The molecule has 7 heteroatoms. The van der Waals surface area contributed by atoms with E-state index in [2.05, 4.69) is 12.1 Å². The Labute approximate surface area is 197 Å². The summed E-state index contributed by atoms with van der Waals surface area (Å²) < 4.78 is 11.6. The Morgan fingerprint density at radius 1 is 1.18 bits per heavy atom. The van der Waals surface area contributed by atoms with Gasteiger partial charge in [-0.3, -0.25) is 9.59 Å². The molecule has 0 bridgehead atoms. The van der Waals surface area contributed by atoms with Crippen LogP contribution in [0, 0.1) is 0 Å². The maximum atomic E-state index is 13.2. The fourth-order valence-corrected chi connectivity index (χ4v) is 5.28. The van der Waals surface area contributed by atoms with Crippen LogP contribution >= 0.6 is 11.3 Å². The van der Waals surface area contributed by atoms with E-state index in [0.29, 0.717) is 44.2 Å². The zero-order chi connectivity index (χ0) is 22.8. The van der Waals surface area contributed by atoms with Crippen LogP contribution in [0.25, 0.3) is 10.4 Å². The maximum Gasteiger partial charge on any atom is 0.242 e. The maximum absolute atomic E-state index is 13.2. The third-order valence-electron chi connectivity index (χ3n) is 6.29. The zero-order valence-corrected chi connectivity index (χ0v) is 19.3. The number of ether oxygens (including phenoxy) is 2. The van der Waals surface area contributed by atoms with Crippen LogP contribution in [0.1, 0.15) is 23.5 Å². The van der Waals surface area contributed by atoms with Gasteiger partial charge in [0.2, 0.25) is 11.8 Å². The Bertz CT molecular complexity index is 1150. The van der Waals surface area contributed by atoms with Gasteiger partial charge >= 0.3 is 0 Å². The van der Waals surface area contributed by atoms with Crippen molar-refractivity contribution in [1.29, 1.82) is 0 Å². The minimum atomic E-state index is -0.0611. The molecule has 2 aliphatic heterocycles. The van der Waals surface area contributed by atoms with Gasteiger partial charge in [0.25, 0.3) is 0 Å². The number of hydrogen-bond donors (Lipinski definition) is 0. The van der Waals surface area contributed by atoms with Crippen LogP contribution in [-0.4, -0.2) is 55.0 Å². The monoisotopic (exact) mass is 462 g/mol. The van der Waals surface area contributed by atoms with Gasteiger partial charge in [-0.05, 0) is 34.7 Å². The fraction of sp³-hybridized carbons (Fsp3) is 0.308. The average molecular weight is 463 g/mol. The number of hydrogen-bond acceptors (Lipinski definition) is 5. The third-order valence-corrected chi connectivity index (χ3v) is 7.21. The fourth-order valence-electron chi connectivity index (χ4n) is 4.57. The highest BCUT2D eigenvalue weighted by atomic mass is 32.1. The SMILES string of the molecule is COc1cc(-c2cccs2)cc2c1OCCN(C(=O)CN1CC(c3ccccc3)CC1=O)C2. The lowest BCUT2D eigenvalue weighted by atomic mass is 9.99. The van der Waals surface area contributed by atoms with Crippen molar-refractivity contribution in [2.45, 2.75) is 18.9 Å². The van der Waals surface area contributed by atoms with Gasteiger partial charge in [-0.25, -0.2) is 0 Å². The molecule has 2 aromatic carbocycles. The van der Waals surface area contributed by atoms with Gasteiger partial charge in [-0.1, -0.05) is 36.4 Å². The van der Waals surface area contributed by atoms with Gasteiger partial charge in [-0.2, -0.15) is 0 Å². The summed E-state index contributed by atoms with van der Waals surface area (Å²) in [5, 5.41) is 2.04. The highest BCUT2D eigenvalue weighted by Crippen LogP contribution is 2.39. The van der Waals surface area contributed by atoms with Crippen molar-refractivity contribution in [2.24, 2.45) is 0 Å². The minimum absolute atomic E-state index is 0.0327. The lowest BCUT2D eigenvalue weighted by Gasteiger charge is -2.24. The van der Waals surface area contributed by atoms with Gasteiger partial charge < -0.3 is 19.3 Å². The van der Waals surface area contributed by atoms with Crippen molar-refractivity contribution < 1.29 is 19.1 Å². The first-order chi connectivity index (χ1) is 16.1. The van der Waals surface area contributed by atoms with Gasteiger partial charge in [-0.15, -0.1) is 11.3 Å². The molecule has 0 N–H and O–H groups in total. The summed E-state index contributed by atoms with van der Waals surface area (Å²) in [6.07, 6.45) is 0.449. The second-order valence-electron chi connectivity index (χ2n) is 8.39. The topological polar surface area (TPSA) is 59.1 Å². The molecular weight excluding hydrogens is 436 g/mol. The van der Waals surface area contributed by atoms with E-state index in [1.165, 1.54) is 0 Å². The number of carbonyl (C=O) groups is 2. The number of amides is 2. The molecule has 3 heterocycles. The van der Waals surface area contributed by atoms with E-state index in [4.69, 9.17) is 9.47 Å². The number of methoxy groups -OCH3 is 1. The van der Waals surface area contributed by atoms with Crippen molar-refractivity contribution in [3.8, 4) is 21.9 Å². The molecule has 2 amide bonds. The van der Waals surface area contributed by atoms with Crippen LogP contribution in [0.5, 0.6) is 11.5 Å². The molecule has 1 saturated heterocycles. The molecule has 2 aliphatic rings. The van der Waals surface area contributed by atoms with Crippen molar-refractivity contribution in [1.82, 2.24) is 9.80 Å². The number of carbonyl (C=O) groups excluding carboxylic acids is 2. The van der Waals surface area contributed by atoms with Crippen molar-refractivity contribution in [2.75, 3.05) is 33.4 Å². The van der Waals surface area contributed by atoms with Crippen molar-refractivity contribution in [3.05, 3.63) is 71.1 Å². The number of rotatable bonds is 5. The van der Waals surface area contributed by atoms with E-state index in [1.54, 1.807) is 28.2 Å². The Hall–Kier alpha value is -3.32. The lowest BCUT2D eigenvalue weighted by Crippen LogP contribution is -2.41. The summed E-state index contributed by atoms with van der Waals surface area (Å²) >= 11 is 1.66. The summed E-state index contributed by atoms with van der Waals surface area (Å²) in [4.78, 5) is 30.4. The first-order valence-corrected chi connectivity index (χ1v) is 12.0. The molecule has 0 radical (unpaired) electrons. The Kier molecular flexibility index (Phi) is 6.05. The minimum Gasteiger partial charge on any atom is -0.493 e. The summed E-state index contributed by atoms with van der Waals surface area (Å²) in [7, 11) is 1.63. The molecule has 1 unspecified atom stereocenters. The van der Waals surface area contributed by atoms with E-state index < -0.39 is 0 Å². The van der Waals surface area contributed by atoms with Gasteiger partial charge in [0.15, 0.2) is 11.5 Å². The van der Waals surface area contributed by atoms with E-state index in [-0.39, 0.29) is 24.3 Å². The summed E-state index contributed by atoms with van der Waals surface area (Å²) in [6, 6.07) is 18.2. The van der Waals surface area contributed by atoms with Crippen LogP contribution in [0.15, 0.2) is 60.0 Å². The number of likely N-dealkylation sites (tertiary alicyclic amines) is 1. The molecule has 6 nitrogen and oxygen atoms in total. The molecule has 170 valence electrons. The average Bonchev–Trinajstić information content (AvgIpc) is 3.44. The molecule has 1 fully saturated rings. The molecule has 1 aromatic heterocycles. The highest BCUT2D eigenvalue weighted by Gasteiger charge is 2.33. The van der Waals surface area contributed by atoms with Crippen LogP contribution in [0.4, 0.5) is 0 Å². The van der Waals surface area contributed by atoms with Gasteiger partial charge in [0.05, 0.1) is 20.2 Å². The molecule has 1 atom stereocenters. The lowest BCUT2D eigenvalue weighted by molar-refractivity contribution is -0.138. The largest absolute Gasteiger partial charge is 0.493 e. The summed E-state index contributed by atoms with van der Waals surface area (Å²) in [6.45, 7) is 1.95. The van der Waals surface area contributed by atoms with Crippen LogP contribution < -0.4 is 9.47 Å². The Balaban J connectivity index is 1.32. The molecule has 0 aliphatic carbocycles. The Morgan fingerprint density at radius 3 is 2.79 bits per heavy atom. The zero-order valence-electron chi connectivity index (χ0n) is 18.5. The molecule has 0 saturated carbocycles. The van der Waals surface area contributed by atoms with Crippen molar-refractivity contribution >= 4 is 23.2 Å². The van der Waals surface area contributed by atoms with Crippen molar-refractivity contribution in [3.63, 3.8) is 0 Å². The first kappa shape index (κ1) is 21.5. The second kappa shape index (κ2) is 9.27. The molecule has 5 rings (SSSR count). The smallest absolute Gasteiger partial charge is 0.242 e. The van der Waals surface area contributed by atoms with Gasteiger partial charge in [0, 0.05) is 35.9 Å². The number of nitrogens with zero attached hydrogens (tertiary/aromatic N) is 2. The molecule has 3 aromatic rings. The first-order valence-electron chi connectivity index (χ1n) is 11.1. The van der Waals surface area contributed by atoms with E-state index in [9.17, 15) is 9.59 Å². The van der Waals surface area contributed by atoms with Gasteiger partial charge in [0.1, 0.15) is 6.61 Å². The highest BCUT2D eigenvalue weighted by molar-refractivity contribution is 7.13. The second-order valence-corrected chi connectivity index (χ2v) is 9.34. The van der Waals surface area contributed by atoms with Crippen LogP contribution in [0.3, 0.4) is 0 Å². The number of thiophene rings is 1. The van der Waals surface area contributed by atoms with Crippen LogP contribution in [-0.2, 0) is 16.1 Å². The molecule has 33 heavy (non-hydrogen) atoms. The van der Waals surface area contributed by atoms with E-state index in [1.807, 2.05) is 47.8 Å². The Morgan fingerprint density at radius 2 is 2.03 bits per heavy atom. The normalized spacial score (nSPS) is 18.0. The van der Waals surface area contributed by atoms with Crippen LogP contribution in [0.2, 0.25) is 0 Å². The summed E-state index contributed by atoms with van der Waals surface area (Å²) in [5.74, 6) is 1.47. The standard InChI is InChI=1S/C26H26N2O4S/c1-31-22-13-19(23-8-5-11-33-23)12-21-16-27(9-10-32-26(21)22)25(30)17-28-15-20(14-24(28)29)18-6-3-2-4-7-18/h2-8,11-13,20H,9-10,14-17H2,1H3. The summed E-state index contributed by atoms with van der Waals surface area (Å²) in [5.41, 5.74) is 3.10. The molecule has 0 spiro atoms. The van der Waals surface area contributed by atoms with E-state index in [0.717, 1.165) is 21.6 Å². The predicted molar refractivity (Wildman–Crippen MR) is 128 cm³/mol. The number of fused-ring (bicyclic) bond motifs is 1. The quantitative estimate of drug-likeness (QED) is 0.571.